The molecule has 2 aliphatic rings. The molecule has 1 aliphatic heterocycles. The number of carbonyl (C=O) groups is 1. The van der Waals surface area contributed by atoms with E-state index in [0.717, 1.165) is 29.4 Å². The van der Waals surface area contributed by atoms with E-state index in [2.05, 4.69) is 4.98 Å². The molecule has 0 atom stereocenters. The van der Waals surface area contributed by atoms with Gasteiger partial charge in [0.2, 0.25) is 12.7 Å². The Morgan fingerprint density at radius 2 is 1.83 bits per heavy atom. The molecule has 0 N–H and O–H groups in total. The molecule has 7 heteroatoms. The van der Waals surface area contributed by atoms with Crippen LogP contribution in [0.3, 0.4) is 0 Å². The zero-order valence-corrected chi connectivity index (χ0v) is 16.3. The standard InChI is InChI=1S/C22H18ClFN2O3/c23-21-16(7-15-8-19-20(29-12-28-19)9-18(15)25-21)11-26(22(27)14-3-4-14)10-13-1-5-17(24)6-2-13/h1-2,5-9,14H,3-4,10-12H2. The quantitative estimate of drug-likeness (QED) is 0.570. The first-order chi connectivity index (χ1) is 14.1. The van der Waals surface area contributed by atoms with Gasteiger partial charge in [-0.25, -0.2) is 9.37 Å². The van der Waals surface area contributed by atoms with Crippen LogP contribution in [0.5, 0.6) is 11.5 Å². The van der Waals surface area contributed by atoms with E-state index in [4.69, 9.17) is 21.1 Å². The van der Waals surface area contributed by atoms with E-state index in [1.54, 1.807) is 23.1 Å². The highest BCUT2D eigenvalue weighted by Gasteiger charge is 2.33. The molecule has 148 valence electrons. The van der Waals surface area contributed by atoms with Crippen LogP contribution in [0.15, 0.2) is 42.5 Å². The van der Waals surface area contributed by atoms with E-state index in [1.165, 1.54) is 12.1 Å². The molecule has 0 spiro atoms. The number of ether oxygens (including phenoxy) is 2. The summed E-state index contributed by atoms with van der Waals surface area (Å²) in [6, 6.07) is 11.8. The lowest BCUT2D eigenvalue weighted by Crippen LogP contribution is -2.31. The molecule has 0 bridgehead atoms. The summed E-state index contributed by atoms with van der Waals surface area (Å²) in [6.07, 6.45) is 1.82. The van der Waals surface area contributed by atoms with Gasteiger partial charge < -0.3 is 14.4 Å². The van der Waals surface area contributed by atoms with Crippen molar-refractivity contribution in [1.82, 2.24) is 9.88 Å². The third kappa shape index (κ3) is 3.72. The summed E-state index contributed by atoms with van der Waals surface area (Å²) >= 11 is 6.45. The summed E-state index contributed by atoms with van der Waals surface area (Å²) in [7, 11) is 0. The summed E-state index contributed by atoms with van der Waals surface area (Å²) in [5.41, 5.74) is 2.34. The lowest BCUT2D eigenvalue weighted by Gasteiger charge is -2.23. The zero-order valence-electron chi connectivity index (χ0n) is 15.5. The number of rotatable bonds is 5. The molecular formula is C22H18ClFN2O3. The van der Waals surface area contributed by atoms with Crippen molar-refractivity contribution in [3.05, 3.63) is 64.6 Å². The fourth-order valence-corrected chi connectivity index (χ4v) is 3.72. The first-order valence-corrected chi connectivity index (χ1v) is 9.86. The smallest absolute Gasteiger partial charge is 0.231 e. The molecule has 1 fully saturated rings. The lowest BCUT2D eigenvalue weighted by molar-refractivity contribution is -0.133. The van der Waals surface area contributed by atoms with Crippen LogP contribution in [-0.4, -0.2) is 22.6 Å². The maximum absolute atomic E-state index is 13.2. The van der Waals surface area contributed by atoms with E-state index < -0.39 is 0 Å². The Kier molecular flexibility index (Phi) is 4.51. The van der Waals surface area contributed by atoms with Gasteiger partial charge in [0, 0.05) is 36.0 Å². The highest BCUT2D eigenvalue weighted by Crippen LogP contribution is 2.37. The lowest BCUT2D eigenvalue weighted by atomic mass is 10.1. The summed E-state index contributed by atoms with van der Waals surface area (Å²) in [6.45, 7) is 0.918. The zero-order chi connectivity index (χ0) is 20.0. The molecule has 0 saturated heterocycles. The minimum absolute atomic E-state index is 0.0662. The van der Waals surface area contributed by atoms with Gasteiger partial charge >= 0.3 is 0 Å². The largest absolute Gasteiger partial charge is 0.454 e. The molecule has 1 aliphatic carbocycles. The molecule has 5 rings (SSSR count). The number of benzene rings is 2. The Labute approximate surface area is 172 Å². The molecule has 2 heterocycles. The van der Waals surface area contributed by atoms with Crippen molar-refractivity contribution < 1.29 is 18.7 Å². The number of pyridine rings is 1. The molecule has 0 unspecified atom stereocenters. The molecule has 2 aromatic carbocycles. The fraction of sp³-hybridized carbons (Fsp3) is 0.273. The normalized spacial score (nSPS) is 15.0. The maximum atomic E-state index is 13.2. The van der Waals surface area contributed by atoms with Crippen LogP contribution in [0.4, 0.5) is 4.39 Å². The second kappa shape index (κ2) is 7.19. The van der Waals surface area contributed by atoms with Crippen LogP contribution in [0, 0.1) is 11.7 Å². The molecule has 1 amide bonds. The van der Waals surface area contributed by atoms with E-state index in [0.29, 0.717) is 35.3 Å². The minimum Gasteiger partial charge on any atom is -0.454 e. The van der Waals surface area contributed by atoms with Gasteiger partial charge in [-0.15, -0.1) is 0 Å². The number of hydrogen-bond donors (Lipinski definition) is 0. The summed E-state index contributed by atoms with van der Waals surface area (Å²) in [5, 5.41) is 1.22. The highest BCUT2D eigenvalue weighted by atomic mass is 35.5. The van der Waals surface area contributed by atoms with Gasteiger partial charge in [-0.1, -0.05) is 23.7 Å². The van der Waals surface area contributed by atoms with Crippen LogP contribution < -0.4 is 9.47 Å². The molecule has 1 aromatic heterocycles. The van der Waals surface area contributed by atoms with Gasteiger partial charge in [0.25, 0.3) is 0 Å². The van der Waals surface area contributed by atoms with Crippen molar-refractivity contribution in [3.63, 3.8) is 0 Å². The molecular weight excluding hydrogens is 395 g/mol. The van der Waals surface area contributed by atoms with Crippen molar-refractivity contribution in [2.24, 2.45) is 5.92 Å². The van der Waals surface area contributed by atoms with Crippen molar-refractivity contribution >= 4 is 28.4 Å². The van der Waals surface area contributed by atoms with Crippen LogP contribution >= 0.6 is 11.6 Å². The second-order valence-electron chi connectivity index (χ2n) is 7.43. The monoisotopic (exact) mass is 412 g/mol. The number of nitrogens with zero attached hydrogens (tertiary/aromatic N) is 2. The third-order valence-corrected chi connectivity index (χ3v) is 5.55. The van der Waals surface area contributed by atoms with Gasteiger partial charge in [0.05, 0.1) is 5.52 Å². The van der Waals surface area contributed by atoms with Crippen molar-refractivity contribution in [3.8, 4) is 11.5 Å². The number of hydrogen-bond acceptors (Lipinski definition) is 4. The van der Waals surface area contributed by atoms with Gasteiger partial charge in [-0.3, -0.25) is 4.79 Å². The minimum atomic E-state index is -0.297. The first-order valence-electron chi connectivity index (χ1n) is 9.49. The van der Waals surface area contributed by atoms with Crippen LogP contribution in [0.1, 0.15) is 24.0 Å². The van der Waals surface area contributed by atoms with Crippen molar-refractivity contribution in [2.45, 2.75) is 25.9 Å². The Bertz CT molecular complexity index is 1100. The van der Waals surface area contributed by atoms with E-state index in [1.807, 2.05) is 12.1 Å². The predicted octanol–water partition coefficient (Wildman–Crippen LogP) is 4.69. The maximum Gasteiger partial charge on any atom is 0.231 e. The fourth-order valence-electron chi connectivity index (χ4n) is 3.51. The number of fused-ring (bicyclic) bond motifs is 2. The Balaban J connectivity index is 1.46. The first kappa shape index (κ1) is 18.2. The van der Waals surface area contributed by atoms with E-state index in [9.17, 15) is 9.18 Å². The van der Waals surface area contributed by atoms with Gasteiger partial charge in [0.15, 0.2) is 11.5 Å². The second-order valence-corrected chi connectivity index (χ2v) is 7.79. The highest BCUT2D eigenvalue weighted by molar-refractivity contribution is 6.30. The van der Waals surface area contributed by atoms with Gasteiger partial charge in [-0.2, -0.15) is 0 Å². The Morgan fingerprint density at radius 3 is 2.55 bits per heavy atom. The molecule has 3 aromatic rings. The van der Waals surface area contributed by atoms with E-state index >= 15 is 0 Å². The number of amides is 1. The average Bonchev–Trinajstić information content (AvgIpc) is 3.46. The number of carbonyl (C=O) groups excluding carboxylic acids is 1. The van der Waals surface area contributed by atoms with Gasteiger partial charge in [-0.05, 0) is 42.7 Å². The molecule has 1 saturated carbocycles. The summed E-state index contributed by atoms with van der Waals surface area (Å²) in [5.74, 6) is 1.18. The van der Waals surface area contributed by atoms with Crippen molar-refractivity contribution in [2.75, 3.05) is 6.79 Å². The third-order valence-electron chi connectivity index (χ3n) is 5.22. The summed E-state index contributed by atoms with van der Waals surface area (Å²) < 4.78 is 24.1. The molecule has 29 heavy (non-hydrogen) atoms. The van der Waals surface area contributed by atoms with Crippen molar-refractivity contribution in [1.29, 1.82) is 0 Å². The molecule has 5 nitrogen and oxygen atoms in total. The van der Waals surface area contributed by atoms with E-state index in [-0.39, 0.29) is 24.4 Å². The number of aromatic nitrogens is 1. The Hall–Kier alpha value is -2.86. The average molecular weight is 413 g/mol. The Morgan fingerprint density at radius 1 is 1.10 bits per heavy atom. The van der Waals surface area contributed by atoms with Crippen LogP contribution in [-0.2, 0) is 17.9 Å². The SMILES string of the molecule is O=C(C1CC1)N(Cc1ccc(F)cc1)Cc1cc2cc3c(cc2nc1Cl)OCO3. The molecule has 0 radical (unpaired) electrons. The predicted molar refractivity (Wildman–Crippen MR) is 106 cm³/mol. The van der Waals surface area contributed by atoms with Crippen LogP contribution in [0.2, 0.25) is 5.15 Å². The topological polar surface area (TPSA) is 51.7 Å². The summed E-state index contributed by atoms with van der Waals surface area (Å²) in [4.78, 5) is 19.1. The van der Waals surface area contributed by atoms with Crippen LogP contribution in [0.25, 0.3) is 10.9 Å². The number of halogens is 2. The van der Waals surface area contributed by atoms with Gasteiger partial charge in [0.1, 0.15) is 11.0 Å².